The molecule has 164 valence electrons. The van der Waals surface area contributed by atoms with Gasteiger partial charge in [-0.3, -0.25) is 14.5 Å². The van der Waals surface area contributed by atoms with Gasteiger partial charge in [-0.05, 0) is 48.6 Å². The van der Waals surface area contributed by atoms with Gasteiger partial charge in [-0.15, -0.1) is 0 Å². The topological polar surface area (TPSA) is 55.8 Å². The van der Waals surface area contributed by atoms with Crippen LogP contribution < -0.4 is 9.64 Å². The Kier molecular flexibility index (Phi) is 5.01. The van der Waals surface area contributed by atoms with Crippen molar-refractivity contribution in [3.63, 3.8) is 0 Å². The van der Waals surface area contributed by atoms with Gasteiger partial charge < -0.3 is 9.47 Å². The van der Waals surface area contributed by atoms with E-state index in [0.29, 0.717) is 6.42 Å². The van der Waals surface area contributed by atoms with Crippen molar-refractivity contribution in [1.82, 2.24) is 0 Å². The van der Waals surface area contributed by atoms with E-state index in [1.165, 1.54) is 0 Å². The summed E-state index contributed by atoms with van der Waals surface area (Å²) in [6.45, 7) is 10.2. The molecule has 0 bridgehead atoms. The second-order valence-electron chi connectivity index (χ2n) is 10.3. The maximum atomic E-state index is 13.8. The van der Waals surface area contributed by atoms with Crippen LogP contribution in [0.25, 0.3) is 0 Å². The molecule has 2 atom stereocenters. The van der Waals surface area contributed by atoms with Crippen LogP contribution in [0.15, 0.2) is 48.5 Å². The molecular formula is C26H31NO4. The number of carbonyl (C=O) groups is 2. The highest BCUT2D eigenvalue weighted by atomic mass is 16.5. The number of nitrogens with zero attached hydrogens (tertiary/aromatic N) is 1. The number of rotatable bonds is 3. The van der Waals surface area contributed by atoms with E-state index in [1.54, 1.807) is 7.11 Å². The first kappa shape index (κ1) is 21.6. The fourth-order valence-electron chi connectivity index (χ4n) is 5.02. The van der Waals surface area contributed by atoms with Crippen molar-refractivity contribution in [2.45, 2.75) is 70.1 Å². The second-order valence-corrected chi connectivity index (χ2v) is 10.3. The Morgan fingerprint density at radius 3 is 2.23 bits per heavy atom. The van der Waals surface area contributed by atoms with Gasteiger partial charge in [0.05, 0.1) is 12.7 Å². The van der Waals surface area contributed by atoms with Crippen LogP contribution in [0.5, 0.6) is 5.75 Å². The summed E-state index contributed by atoms with van der Waals surface area (Å²) in [5, 5.41) is 0. The molecule has 2 aliphatic heterocycles. The van der Waals surface area contributed by atoms with Crippen LogP contribution in [-0.2, 0) is 19.7 Å². The van der Waals surface area contributed by atoms with E-state index in [2.05, 4.69) is 26.8 Å². The summed E-state index contributed by atoms with van der Waals surface area (Å²) in [4.78, 5) is 28.3. The van der Waals surface area contributed by atoms with E-state index in [1.807, 2.05) is 61.2 Å². The Hall–Kier alpha value is -2.66. The van der Waals surface area contributed by atoms with E-state index < -0.39 is 17.2 Å². The Labute approximate surface area is 184 Å². The monoisotopic (exact) mass is 421 g/mol. The number of hydrogen-bond donors (Lipinski definition) is 0. The van der Waals surface area contributed by atoms with E-state index in [4.69, 9.17) is 9.47 Å². The lowest BCUT2D eigenvalue weighted by Crippen LogP contribution is -2.74. The zero-order valence-corrected chi connectivity index (χ0v) is 19.2. The standard InChI is InChI=1S/C26H31NO4/c1-24(2,3)20-9-7-8-10-21(20)27-22(17-11-13-19(30-6)14-12-17)26(23(27)29)16-18(28)15-25(4,5)31-26/h7-14,22H,15-16H2,1-6H3/t22-,26+/m1/s1. The van der Waals surface area contributed by atoms with Crippen LogP contribution in [-0.4, -0.2) is 30.0 Å². The number of hydrogen-bond acceptors (Lipinski definition) is 4. The molecule has 1 spiro atoms. The number of β-lactam (4-membered cyclic amide) rings is 1. The third-order valence-corrected chi connectivity index (χ3v) is 6.22. The molecule has 5 heteroatoms. The Morgan fingerprint density at radius 2 is 1.65 bits per heavy atom. The zero-order chi connectivity index (χ0) is 22.6. The molecule has 2 heterocycles. The number of amides is 1. The quantitative estimate of drug-likeness (QED) is 0.656. The molecule has 0 unspecified atom stereocenters. The van der Waals surface area contributed by atoms with Crippen molar-refractivity contribution in [2.24, 2.45) is 0 Å². The average Bonchev–Trinajstić information content (AvgIpc) is 2.69. The first-order valence-electron chi connectivity index (χ1n) is 10.8. The van der Waals surface area contributed by atoms with E-state index in [9.17, 15) is 9.59 Å². The van der Waals surface area contributed by atoms with Crippen LogP contribution in [0, 0.1) is 0 Å². The van der Waals surface area contributed by atoms with Gasteiger partial charge in [0, 0.05) is 18.5 Å². The minimum Gasteiger partial charge on any atom is -0.497 e. The van der Waals surface area contributed by atoms with E-state index in [0.717, 1.165) is 22.6 Å². The normalized spacial score (nSPS) is 25.5. The molecule has 2 aromatic carbocycles. The van der Waals surface area contributed by atoms with Crippen molar-refractivity contribution < 1.29 is 19.1 Å². The summed E-state index contributed by atoms with van der Waals surface area (Å²) < 4.78 is 11.8. The minimum absolute atomic E-state index is 0.0619. The average molecular weight is 422 g/mol. The van der Waals surface area contributed by atoms with Crippen LogP contribution in [0.2, 0.25) is 0 Å². The fourth-order valence-corrected chi connectivity index (χ4v) is 5.02. The number of ketones is 1. The molecule has 0 aromatic heterocycles. The van der Waals surface area contributed by atoms with Crippen LogP contribution in [0.4, 0.5) is 5.69 Å². The maximum Gasteiger partial charge on any atom is 0.262 e. The van der Waals surface area contributed by atoms with Crippen LogP contribution >= 0.6 is 0 Å². The third kappa shape index (κ3) is 3.55. The highest BCUT2D eigenvalue weighted by Gasteiger charge is 2.67. The van der Waals surface area contributed by atoms with Crippen molar-refractivity contribution >= 4 is 17.4 Å². The zero-order valence-electron chi connectivity index (χ0n) is 19.2. The largest absolute Gasteiger partial charge is 0.497 e. The highest BCUT2D eigenvalue weighted by molar-refractivity contribution is 6.11. The Bertz CT molecular complexity index is 1020. The van der Waals surface area contributed by atoms with Gasteiger partial charge in [0.15, 0.2) is 5.60 Å². The van der Waals surface area contributed by atoms with Gasteiger partial charge in [0.2, 0.25) is 0 Å². The molecule has 0 N–H and O–H groups in total. The summed E-state index contributed by atoms with van der Waals surface area (Å²) in [5.41, 5.74) is 0.856. The molecular weight excluding hydrogens is 390 g/mol. The summed E-state index contributed by atoms with van der Waals surface area (Å²) in [6, 6.07) is 15.3. The molecule has 5 nitrogen and oxygen atoms in total. The lowest BCUT2D eigenvalue weighted by Gasteiger charge is -2.59. The third-order valence-electron chi connectivity index (χ3n) is 6.22. The summed E-state index contributed by atoms with van der Waals surface area (Å²) >= 11 is 0. The predicted molar refractivity (Wildman–Crippen MR) is 120 cm³/mol. The summed E-state index contributed by atoms with van der Waals surface area (Å²) in [6.07, 6.45) is 0.413. The minimum atomic E-state index is -1.18. The Morgan fingerprint density at radius 1 is 1.00 bits per heavy atom. The number of para-hydroxylation sites is 1. The second kappa shape index (κ2) is 7.20. The van der Waals surface area contributed by atoms with Gasteiger partial charge in [-0.1, -0.05) is 51.1 Å². The SMILES string of the molecule is COc1ccc([C@H]2N(c3ccccc3C(C)(C)C)C(=O)[C@]23CC(=O)CC(C)(C)O3)cc1. The molecule has 2 aliphatic rings. The van der Waals surface area contributed by atoms with Crippen LogP contribution in [0.1, 0.15) is 64.6 Å². The van der Waals surface area contributed by atoms with Gasteiger partial charge in [0.1, 0.15) is 17.6 Å². The molecule has 1 amide bonds. The van der Waals surface area contributed by atoms with Crippen molar-refractivity contribution in [1.29, 1.82) is 0 Å². The number of anilines is 1. The van der Waals surface area contributed by atoms with Crippen molar-refractivity contribution in [2.75, 3.05) is 12.0 Å². The molecule has 2 fully saturated rings. The van der Waals surface area contributed by atoms with Gasteiger partial charge in [-0.2, -0.15) is 0 Å². The molecule has 2 saturated heterocycles. The highest BCUT2D eigenvalue weighted by Crippen LogP contribution is 2.55. The number of benzene rings is 2. The summed E-state index contributed by atoms with van der Waals surface area (Å²) in [5.74, 6) is 0.657. The number of carbonyl (C=O) groups excluding carboxylic acids is 2. The number of Topliss-reactive ketones (excluding diaryl/α,β-unsaturated/α-hetero) is 1. The van der Waals surface area contributed by atoms with Crippen molar-refractivity contribution in [3.05, 3.63) is 59.7 Å². The van der Waals surface area contributed by atoms with Gasteiger partial charge in [0.25, 0.3) is 5.91 Å². The number of ether oxygens (including phenoxy) is 2. The first-order valence-corrected chi connectivity index (χ1v) is 10.8. The molecule has 2 aromatic rings. The smallest absolute Gasteiger partial charge is 0.262 e. The first-order chi connectivity index (χ1) is 14.5. The molecule has 0 saturated carbocycles. The Balaban J connectivity index is 1.87. The molecule has 0 radical (unpaired) electrons. The molecule has 31 heavy (non-hydrogen) atoms. The fraction of sp³-hybridized carbons (Fsp3) is 0.462. The predicted octanol–water partition coefficient (Wildman–Crippen LogP) is 4.98. The van der Waals surface area contributed by atoms with Crippen LogP contribution in [0.3, 0.4) is 0 Å². The molecule has 4 rings (SSSR count). The van der Waals surface area contributed by atoms with E-state index in [-0.39, 0.29) is 23.5 Å². The lowest BCUT2D eigenvalue weighted by molar-refractivity contribution is -0.210. The lowest BCUT2D eigenvalue weighted by atomic mass is 9.70. The van der Waals surface area contributed by atoms with E-state index >= 15 is 0 Å². The maximum absolute atomic E-state index is 13.8. The number of methoxy groups -OCH3 is 1. The van der Waals surface area contributed by atoms with Crippen molar-refractivity contribution in [3.8, 4) is 5.75 Å². The molecule has 0 aliphatic carbocycles. The summed E-state index contributed by atoms with van der Waals surface area (Å²) in [7, 11) is 1.63. The van der Waals surface area contributed by atoms with Gasteiger partial charge >= 0.3 is 0 Å². The van der Waals surface area contributed by atoms with Gasteiger partial charge in [-0.25, -0.2) is 0 Å².